The van der Waals surface area contributed by atoms with Crippen molar-refractivity contribution < 1.29 is 9.53 Å². The number of benzene rings is 1. The maximum absolute atomic E-state index is 12.4. The van der Waals surface area contributed by atoms with E-state index in [1.165, 1.54) is 5.56 Å². The average Bonchev–Trinajstić information content (AvgIpc) is 2.68. The molecular formula is C21H26N4O2. The van der Waals surface area contributed by atoms with E-state index in [-0.39, 0.29) is 5.91 Å². The third-order valence-corrected chi connectivity index (χ3v) is 4.40. The predicted octanol–water partition coefficient (Wildman–Crippen LogP) is 2.55. The maximum atomic E-state index is 12.4. The molecule has 1 aromatic heterocycles. The van der Waals surface area contributed by atoms with Gasteiger partial charge in [-0.3, -0.25) is 9.79 Å². The minimum atomic E-state index is -0.103. The highest BCUT2D eigenvalue weighted by molar-refractivity contribution is 5.93. The van der Waals surface area contributed by atoms with Gasteiger partial charge in [-0.1, -0.05) is 29.8 Å². The van der Waals surface area contributed by atoms with Crippen molar-refractivity contribution in [3.8, 4) is 0 Å². The van der Waals surface area contributed by atoms with Crippen LogP contribution in [0.25, 0.3) is 0 Å². The molecule has 0 N–H and O–H groups in total. The lowest BCUT2D eigenvalue weighted by atomic mass is 10.1. The molecule has 1 saturated heterocycles. The van der Waals surface area contributed by atoms with Gasteiger partial charge in [0, 0.05) is 39.1 Å². The number of hydrogen-bond acceptors (Lipinski definition) is 5. The highest BCUT2D eigenvalue weighted by Gasteiger charge is 2.17. The van der Waals surface area contributed by atoms with Crippen molar-refractivity contribution in [2.75, 3.05) is 45.3 Å². The number of carbonyl (C=O) groups is 1. The fraction of sp³-hybridized carbons (Fsp3) is 0.381. The summed E-state index contributed by atoms with van der Waals surface area (Å²) in [6, 6.07) is 12.1. The summed E-state index contributed by atoms with van der Waals surface area (Å²) in [7, 11) is 3.47. The van der Waals surface area contributed by atoms with Crippen LogP contribution in [0.4, 0.5) is 5.69 Å². The van der Waals surface area contributed by atoms with E-state index >= 15 is 0 Å². The first kappa shape index (κ1) is 19.0. The number of ether oxygens (including phenoxy) is 1. The molecule has 6 nitrogen and oxygen atoms in total. The molecule has 2 aromatic rings. The topological polar surface area (TPSA) is 58.0 Å². The molecule has 142 valence electrons. The number of amides is 1. The summed E-state index contributed by atoms with van der Waals surface area (Å²) in [6.45, 7) is 5.50. The molecule has 1 fully saturated rings. The van der Waals surface area contributed by atoms with Gasteiger partial charge in [0.2, 0.25) is 0 Å². The van der Waals surface area contributed by atoms with Crippen LogP contribution in [0.2, 0.25) is 0 Å². The quantitative estimate of drug-likeness (QED) is 0.763. The first-order chi connectivity index (χ1) is 13.0. The molecule has 1 aromatic carbocycles. The fourth-order valence-corrected chi connectivity index (χ4v) is 2.99. The van der Waals surface area contributed by atoms with Crippen LogP contribution in [0, 0.1) is 6.92 Å². The van der Waals surface area contributed by atoms with E-state index in [9.17, 15) is 4.79 Å². The van der Waals surface area contributed by atoms with Crippen molar-refractivity contribution in [1.29, 1.82) is 0 Å². The predicted molar refractivity (Wildman–Crippen MR) is 108 cm³/mol. The number of hydrogen-bond donors (Lipinski definition) is 0. The zero-order valence-corrected chi connectivity index (χ0v) is 16.2. The molecule has 0 saturated carbocycles. The fourth-order valence-electron chi connectivity index (χ4n) is 2.99. The Bertz CT molecular complexity index is 827. The Hall–Kier alpha value is -2.73. The van der Waals surface area contributed by atoms with E-state index in [1.807, 2.05) is 30.5 Å². The number of pyridine rings is 1. The number of anilines is 1. The molecule has 0 bridgehead atoms. The van der Waals surface area contributed by atoms with Crippen LogP contribution < -0.4 is 4.90 Å². The van der Waals surface area contributed by atoms with Gasteiger partial charge in [0.25, 0.3) is 5.91 Å². The second-order valence-corrected chi connectivity index (χ2v) is 6.88. The van der Waals surface area contributed by atoms with Crippen molar-refractivity contribution in [3.63, 3.8) is 0 Å². The van der Waals surface area contributed by atoms with E-state index in [2.05, 4.69) is 33.9 Å². The summed E-state index contributed by atoms with van der Waals surface area (Å²) in [5, 5.41) is 0. The van der Waals surface area contributed by atoms with Crippen LogP contribution in [0.15, 0.2) is 41.4 Å². The van der Waals surface area contributed by atoms with E-state index in [0.717, 1.165) is 30.0 Å². The van der Waals surface area contributed by atoms with Gasteiger partial charge >= 0.3 is 0 Å². The minimum Gasteiger partial charge on any atom is -0.378 e. The smallest absolute Gasteiger partial charge is 0.272 e. The molecule has 1 aliphatic rings. The van der Waals surface area contributed by atoms with E-state index in [4.69, 9.17) is 4.74 Å². The Morgan fingerprint density at radius 1 is 1.26 bits per heavy atom. The first-order valence-corrected chi connectivity index (χ1v) is 9.15. The summed E-state index contributed by atoms with van der Waals surface area (Å²) in [5.74, 6) is -0.103. The normalized spacial score (nSPS) is 14.6. The molecule has 2 heterocycles. The van der Waals surface area contributed by atoms with Crippen molar-refractivity contribution in [3.05, 3.63) is 58.9 Å². The van der Waals surface area contributed by atoms with E-state index < -0.39 is 0 Å². The van der Waals surface area contributed by atoms with Gasteiger partial charge in [-0.25, -0.2) is 4.98 Å². The Balaban J connectivity index is 1.84. The molecule has 27 heavy (non-hydrogen) atoms. The summed E-state index contributed by atoms with van der Waals surface area (Å²) < 4.78 is 5.43. The lowest BCUT2D eigenvalue weighted by molar-refractivity contribution is 0.0821. The number of morpholine rings is 1. The average molecular weight is 366 g/mol. The molecule has 3 rings (SSSR count). The molecule has 0 unspecified atom stereocenters. The lowest BCUT2D eigenvalue weighted by Gasteiger charge is -2.29. The summed E-state index contributed by atoms with van der Waals surface area (Å²) >= 11 is 0. The van der Waals surface area contributed by atoms with Gasteiger partial charge in [0.15, 0.2) is 0 Å². The Morgan fingerprint density at radius 3 is 2.74 bits per heavy atom. The largest absolute Gasteiger partial charge is 0.378 e. The molecule has 6 heteroatoms. The molecule has 0 atom stereocenters. The Labute approximate surface area is 160 Å². The van der Waals surface area contributed by atoms with Gasteiger partial charge in [-0.2, -0.15) is 0 Å². The van der Waals surface area contributed by atoms with E-state index in [0.29, 0.717) is 25.5 Å². The van der Waals surface area contributed by atoms with Gasteiger partial charge in [0.1, 0.15) is 5.69 Å². The number of aryl methyl sites for hydroxylation is 1. The zero-order chi connectivity index (χ0) is 19.2. The first-order valence-electron chi connectivity index (χ1n) is 9.15. The van der Waals surface area contributed by atoms with Gasteiger partial charge in [-0.15, -0.1) is 0 Å². The van der Waals surface area contributed by atoms with Crippen molar-refractivity contribution in [2.45, 2.75) is 13.5 Å². The van der Waals surface area contributed by atoms with Crippen LogP contribution in [0.1, 0.15) is 27.3 Å². The van der Waals surface area contributed by atoms with Gasteiger partial charge < -0.3 is 14.5 Å². The maximum Gasteiger partial charge on any atom is 0.272 e. The molecule has 1 aliphatic heterocycles. The van der Waals surface area contributed by atoms with Gasteiger partial charge in [0.05, 0.1) is 25.5 Å². The highest BCUT2D eigenvalue weighted by atomic mass is 16.5. The molecule has 0 radical (unpaired) electrons. The molecule has 0 aliphatic carbocycles. The lowest BCUT2D eigenvalue weighted by Crippen LogP contribution is -2.36. The van der Waals surface area contributed by atoms with Crippen LogP contribution in [-0.2, 0) is 11.3 Å². The second-order valence-electron chi connectivity index (χ2n) is 6.88. The summed E-state index contributed by atoms with van der Waals surface area (Å²) in [4.78, 5) is 25.3. The van der Waals surface area contributed by atoms with Crippen molar-refractivity contribution in [2.24, 2.45) is 4.99 Å². The van der Waals surface area contributed by atoms with Crippen molar-refractivity contribution >= 4 is 17.8 Å². The summed E-state index contributed by atoms with van der Waals surface area (Å²) in [5.41, 5.74) is 4.49. The summed E-state index contributed by atoms with van der Waals surface area (Å²) in [6.07, 6.45) is 1.85. The number of aromatic nitrogens is 1. The Kier molecular flexibility index (Phi) is 6.19. The van der Waals surface area contributed by atoms with Crippen LogP contribution >= 0.6 is 0 Å². The zero-order valence-electron chi connectivity index (χ0n) is 16.2. The van der Waals surface area contributed by atoms with Crippen LogP contribution in [0.5, 0.6) is 0 Å². The monoisotopic (exact) mass is 366 g/mol. The third kappa shape index (κ3) is 5.14. The molecule has 1 amide bonds. The molecule has 0 spiro atoms. The number of rotatable bonds is 5. The number of aliphatic imine (C=N–C) groups is 1. The van der Waals surface area contributed by atoms with Crippen molar-refractivity contribution in [1.82, 2.24) is 9.88 Å². The minimum absolute atomic E-state index is 0.103. The SMILES string of the molecule is Cc1cccc(C=NCc2cc(N3CCOCC3)cc(C(=O)N(C)C)n2)c1. The Morgan fingerprint density at radius 2 is 2.04 bits per heavy atom. The highest BCUT2D eigenvalue weighted by Crippen LogP contribution is 2.20. The standard InChI is InChI=1S/C21H26N4O2/c1-16-5-4-6-17(11-16)14-22-15-18-12-19(25-7-9-27-10-8-25)13-20(23-18)21(26)24(2)3/h4-6,11-14H,7-10,15H2,1-3H3. The van der Waals surface area contributed by atoms with E-state index in [1.54, 1.807) is 19.0 Å². The number of carbonyl (C=O) groups excluding carboxylic acids is 1. The van der Waals surface area contributed by atoms with Crippen LogP contribution in [0.3, 0.4) is 0 Å². The van der Waals surface area contributed by atoms with Crippen LogP contribution in [-0.4, -0.2) is 62.4 Å². The van der Waals surface area contributed by atoms with Gasteiger partial charge in [-0.05, 0) is 24.6 Å². The number of nitrogens with zero attached hydrogens (tertiary/aromatic N) is 4. The molecular weight excluding hydrogens is 340 g/mol. The third-order valence-electron chi connectivity index (χ3n) is 4.40. The second kappa shape index (κ2) is 8.77.